The van der Waals surface area contributed by atoms with Gasteiger partial charge in [0, 0.05) is 7.05 Å². The van der Waals surface area contributed by atoms with Crippen molar-refractivity contribution in [2.24, 2.45) is 0 Å². The first-order valence-corrected chi connectivity index (χ1v) is 11.9. The smallest absolute Gasteiger partial charge is 0.344 e. The number of para-hydroxylation sites is 1. The van der Waals surface area contributed by atoms with Gasteiger partial charge in [0.05, 0.1) is 10.7 Å². The monoisotopic (exact) mass is 481 g/mol. The number of carbonyl (C=O) groups is 1. The Labute approximate surface area is 189 Å². The maximum atomic E-state index is 12.6. The summed E-state index contributed by atoms with van der Waals surface area (Å²) in [5, 5.41) is 2.19. The van der Waals surface area contributed by atoms with E-state index in [4.69, 9.17) is 25.8 Å². The molecule has 0 aliphatic heterocycles. The van der Waals surface area contributed by atoms with Crippen molar-refractivity contribution >= 4 is 44.6 Å². The second-order valence-corrected chi connectivity index (χ2v) is 9.74. The third-order valence-corrected chi connectivity index (χ3v) is 7.58. The first kappa shape index (κ1) is 22.9. The first-order valence-electron chi connectivity index (χ1n) is 9.16. The minimum atomic E-state index is -3.61. The van der Waals surface area contributed by atoms with Crippen molar-refractivity contribution in [1.82, 2.24) is 0 Å². The van der Waals surface area contributed by atoms with Gasteiger partial charge in [-0.25, -0.2) is 13.2 Å². The molecule has 3 rings (SSSR count). The number of ether oxygens (including phenoxy) is 3. The molecule has 0 aliphatic rings. The van der Waals surface area contributed by atoms with E-state index < -0.39 is 16.0 Å². The molecule has 0 saturated heterocycles. The lowest BCUT2D eigenvalue weighted by Gasteiger charge is -2.18. The minimum absolute atomic E-state index is 0.0533. The fourth-order valence-electron chi connectivity index (χ4n) is 2.49. The molecule has 10 heteroatoms. The maximum absolute atomic E-state index is 12.6. The molecule has 0 N–H and O–H groups in total. The van der Waals surface area contributed by atoms with Crippen LogP contribution in [-0.4, -0.2) is 41.3 Å². The Kier molecular flexibility index (Phi) is 7.78. The summed E-state index contributed by atoms with van der Waals surface area (Å²) in [6.07, 6.45) is 0. The predicted molar refractivity (Wildman–Crippen MR) is 120 cm³/mol. The van der Waals surface area contributed by atoms with Crippen LogP contribution in [0, 0.1) is 0 Å². The number of sulfonamides is 1. The predicted octanol–water partition coefficient (Wildman–Crippen LogP) is 4.23. The molecule has 0 radical (unpaired) electrons. The maximum Gasteiger partial charge on any atom is 0.344 e. The number of nitrogens with zero attached hydrogens (tertiary/aromatic N) is 1. The van der Waals surface area contributed by atoms with Gasteiger partial charge in [0.15, 0.2) is 6.61 Å². The Morgan fingerprint density at radius 3 is 2.42 bits per heavy atom. The molecule has 0 fully saturated rings. The van der Waals surface area contributed by atoms with Gasteiger partial charge < -0.3 is 14.2 Å². The van der Waals surface area contributed by atoms with Gasteiger partial charge in [0.25, 0.3) is 10.0 Å². The molecule has 1 aromatic heterocycles. The van der Waals surface area contributed by atoms with Crippen LogP contribution in [0.4, 0.5) is 5.69 Å². The lowest BCUT2D eigenvalue weighted by atomic mass is 10.3. The Balaban J connectivity index is 1.43. The zero-order valence-electron chi connectivity index (χ0n) is 16.6. The lowest BCUT2D eigenvalue weighted by molar-refractivity contribution is -0.146. The van der Waals surface area contributed by atoms with Gasteiger partial charge in [0.1, 0.15) is 28.9 Å². The molecular weight excluding hydrogens is 462 g/mol. The number of rotatable bonds is 10. The summed E-state index contributed by atoms with van der Waals surface area (Å²) >= 11 is 7.13. The van der Waals surface area contributed by atoms with Crippen LogP contribution in [0.25, 0.3) is 0 Å². The second-order valence-electron chi connectivity index (χ2n) is 6.19. The van der Waals surface area contributed by atoms with Gasteiger partial charge in [-0.15, -0.1) is 11.3 Å². The third kappa shape index (κ3) is 6.13. The molecule has 0 saturated carbocycles. The highest BCUT2D eigenvalue weighted by Crippen LogP contribution is 2.26. The highest BCUT2D eigenvalue weighted by molar-refractivity contribution is 7.94. The van der Waals surface area contributed by atoms with Gasteiger partial charge in [-0.2, -0.15) is 0 Å². The van der Waals surface area contributed by atoms with Crippen molar-refractivity contribution in [3.8, 4) is 11.5 Å². The van der Waals surface area contributed by atoms with Gasteiger partial charge >= 0.3 is 5.97 Å². The average molecular weight is 482 g/mol. The number of esters is 1. The fraction of sp³-hybridized carbons (Fsp3) is 0.190. The van der Waals surface area contributed by atoms with E-state index in [-0.39, 0.29) is 24.0 Å². The van der Waals surface area contributed by atoms with E-state index in [9.17, 15) is 13.2 Å². The summed E-state index contributed by atoms with van der Waals surface area (Å²) in [4.78, 5) is 11.8. The normalized spacial score (nSPS) is 11.0. The standard InChI is InChI=1S/C21H20ClNO6S2/c1-23(31(25,26)21-7-4-14-30-21)16-8-10-17(11-9-16)29-15-20(24)28-13-12-27-19-6-3-2-5-18(19)22/h2-11,14H,12-13,15H2,1H3. The summed E-state index contributed by atoms with van der Waals surface area (Å²) in [6, 6.07) is 16.6. The van der Waals surface area contributed by atoms with E-state index in [1.165, 1.54) is 11.4 Å². The SMILES string of the molecule is CN(c1ccc(OCC(=O)OCCOc2ccccc2Cl)cc1)S(=O)(=O)c1cccs1. The summed E-state index contributed by atoms with van der Waals surface area (Å²) in [7, 11) is -2.13. The number of hydrogen-bond acceptors (Lipinski definition) is 7. The van der Waals surface area contributed by atoms with Crippen LogP contribution in [-0.2, 0) is 19.6 Å². The quantitative estimate of drug-likeness (QED) is 0.318. The number of benzene rings is 2. The highest BCUT2D eigenvalue weighted by atomic mass is 35.5. The average Bonchev–Trinajstić information content (AvgIpc) is 3.32. The third-order valence-electron chi connectivity index (χ3n) is 4.11. The fourth-order valence-corrected chi connectivity index (χ4v) is 5.04. The zero-order chi connectivity index (χ0) is 22.3. The molecule has 0 unspecified atom stereocenters. The van der Waals surface area contributed by atoms with Crippen molar-refractivity contribution in [2.75, 3.05) is 31.2 Å². The van der Waals surface area contributed by atoms with Crippen molar-refractivity contribution in [3.63, 3.8) is 0 Å². The number of hydrogen-bond donors (Lipinski definition) is 0. The van der Waals surface area contributed by atoms with Crippen molar-refractivity contribution in [1.29, 1.82) is 0 Å². The summed E-state index contributed by atoms with van der Waals surface area (Å²) < 4.78 is 42.4. The summed E-state index contributed by atoms with van der Waals surface area (Å²) in [5.41, 5.74) is 0.472. The van der Waals surface area contributed by atoms with Crippen LogP contribution >= 0.6 is 22.9 Å². The topological polar surface area (TPSA) is 82.1 Å². The van der Waals surface area contributed by atoms with Crippen LogP contribution < -0.4 is 13.8 Å². The highest BCUT2D eigenvalue weighted by Gasteiger charge is 2.22. The number of carbonyl (C=O) groups excluding carboxylic acids is 1. The molecule has 0 bridgehead atoms. The van der Waals surface area contributed by atoms with Gasteiger partial charge in [0.2, 0.25) is 0 Å². The van der Waals surface area contributed by atoms with E-state index in [2.05, 4.69) is 0 Å². The molecule has 2 aromatic carbocycles. The number of thiophene rings is 1. The molecule has 7 nitrogen and oxygen atoms in total. The van der Waals surface area contributed by atoms with Gasteiger partial charge in [-0.05, 0) is 47.8 Å². The van der Waals surface area contributed by atoms with Gasteiger partial charge in [-0.1, -0.05) is 29.8 Å². The van der Waals surface area contributed by atoms with E-state index in [0.29, 0.717) is 22.2 Å². The largest absolute Gasteiger partial charge is 0.488 e. The Morgan fingerprint density at radius 2 is 1.74 bits per heavy atom. The van der Waals surface area contributed by atoms with Crippen molar-refractivity contribution < 1.29 is 27.4 Å². The first-order chi connectivity index (χ1) is 14.9. The van der Waals surface area contributed by atoms with Crippen LogP contribution in [0.2, 0.25) is 5.02 Å². The zero-order valence-corrected chi connectivity index (χ0v) is 19.0. The van der Waals surface area contributed by atoms with Crippen LogP contribution in [0.5, 0.6) is 11.5 Å². The molecule has 1 heterocycles. The summed E-state index contributed by atoms with van der Waals surface area (Å²) in [5.74, 6) is 0.377. The van der Waals surface area contributed by atoms with Crippen LogP contribution in [0.1, 0.15) is 0 Å². The molecule has 0 amide bonds. The molecule has 0 aliphatic carbocycles. The van der Waals surface area contributed by atoms with E-state index in [1.54, 1.807) is 66.0 Å². The second kappa shape index (κ2) is 10.5. The van der Waals surface area contributed by atoms with Gasteiger partial charge in [-0.3, -0.25) is 4.31 Å². The van der Waals surface area contributed by atoms with Crippen LogP contribution in [0.15, 0.2) is 70.3 Å². The Hall–Kier alpha value is -2.75. The molecule has 0 atom stereocenters. The van der Waals surface area contributed by atoms with E-state index >= 15 is 0 Å². The molecule has 164 valence electrons. The molecule has 0 spiro atoms. The number of halogens is 1. The molecule has 31 heavy (non-hydrogen) atoms. The number of anilines is 1. The Morgan fingerprint density at radius 1 is 1.00 bits per heavy atom. The van der Waals surface area contributed by atoms with E-state index in [1.807, 2.05) is 0 Å². The van der Waals surface area contributed by atoms with Crippen molar-refractivity contribution in [3.05, 3.63) is 71.1 Å². The Bertz CT molecular complexity index is 1100. The minimum Gasteiger partial charge on any atom is -0.488 e. The van der Waals surface area contributed by atoms with Crippen molar-refractivity contribution in [2.45, 2.75) is 4.21 Å². The lowest BCUT2D eigenvalue weighted by Crippen LogP contribution is -2.25. The molecule has 3 aromatic rings. The van der Waals surface area contributed by atoms with Crippen LogP contribution in [0.3, 0.4) is 0 Å². The summed E-state index contributed by atoms with van der Waals surface area (Å²) in [6.45, 7) is -0.0677. The molecular formula is C21H20ClNO6S2. The van der Waals surface area contributed by atoms with E-state index in [0.717, 1.165) is 11.3 Å².